The molecule has 1 aliphatic heterocycles. The van der Waals surface area contributed by atoms with Gasteiger partial charge in [0.1, 0.15) is 12.0 Å². The number of hydrogen-bond acceptors (Lipinski definition) is 5. The summed E-state index contributed by atoms with van der Waals surface area (Å²) in [5.41, 5.74) is -0.00165. The summed E-state index contributed by atoms with van der Waals surface area (Å²) in [6.07, 6.45) is 2.38. The first-order valence-corrected chi connectivity index (χ1v) is 6.76. The molecule has 0 saturated carbocycles. The molecule has 1 aromatic heterocycles. The van der Waals surface area contributed by atoms with Crippen LogP contribution in [0.2, 0.25) is 0 Å². The van der Waals surface area contributed by atoms with E-state index in [-0.39, 0.29) is 5.69 Å². The van der Waals surface area contributed by atoms with Crippen molar-refractivity contribution in [2.45, 2.75) is 12.5 Å². The molecule has 5 nitrogen and oxygen atoms in total. The Balaban J connectivity index is 2.12. The molecule has 7 heteroatoms. The Labute approximate surface area is 105 Å². The zero-order valence-corrected chi connectivity index (χ0v) is 10.8. The fourth-order valence-corrected chi connectivity index (χ4v) is 3.08. The molecule has 0 bridgehead atoms. The summed E-state index contributed by atoms with van der Waals surface area (Å²) < 4.78 is 0.638. The first kappa shape index (κ1) is 11.7. The predicted octanol–water partition coefficient (Wildman–Crippen LogP) is 2.67. The number of nitro groups is 1. The molecule has 16 heavy (non-hydrogen) atoms. The first-order valence-electron chi connectivity index (χ1n) is 4.81. The molecule has 2 heterocycles. The minimum atomic E-state index is -0.451. The van der Waals surface area contributed by atoms with Crippen LogP contribution in [0.4, 0.5) is 11.5 Å². The second-order valence-electron chi connectivity index (χ2n) is 3.49. The van der Waals surface area contributed by atoms with E-state index < -0.39 is 4.92 Å². The third kappa shape index (κ3) is 2.65. The maximum Gasteiger partial charge on any atom is 0.288 e. The lowest BCUT2D eigenvalue weighted by Crippen LogP contribution is -2.19. The van der Waals surface area contributed by atoms with Crippen molar-refractivity contribution in [1.29, 1.82) is 0 Å². The quantitative estimate of drug-likeness (QED) is 0.687. The topological polar surface area (TPSA) is 68.1 Å². The lowest BCUT2D eigenvalue weighted by Gasteiger charge is -2.12. The average Bonchev–Trinajstić information content (AvgIpc) is 2.73. The van der Waals surface area contributed by atoms with Crippen LogP contribution >= 0.6 is 27.7 Å². The summed E-state index contributed by atoms with van der Waals surface area (Å²) in [5.74, 6) is 2.89. The number of nitrogens with one attached hydrogen (secondary N) is 1. The Kier molecular flexibility index (Phi) is 3.65. The van der Waals surface area contributed by atoms with Crippen molar-refractivity contribution in [1.82, 2.24) is 4.98 Å². The number of anilines is 1. The van der Waals surface area contributed by atoms with Crippen molar-refractivity contribution >= 4 is 39.2 Å². The monoisotopic (exact) mass is 303 g/mol. The Morgan fingerprint density at radius 3 is 3.06 bits per heavy atom. The Hall–Kier alpha value is -0.820. The van der Waals surface area contributed by atoms with Crippen LogP contribution in [0, 0.1) is 10.1 Å². The number of thioether (sulfide) groups is 1. The Morgan fingerprint density at radius 1 is 1.69 bits per heavy atom. The van der Waals surface area contributed by atoms with Gasteiger partial charge in [0, 0.05) is 17.9 Å². The molecule has 1 aliphatic rings. The lowest BCUT2D eigenvalue weighted by molar-refractivity contribution is -0.385. The van der Waals surface area contributed by atoms with E-state index in [4.69, 9.17) is 0 Å². The van der Waals surface area contributed by atoms with Crippen LogP contribution in [-0.2, 0) is 0 Å². The van der Waals surface area contributed by atoms with Gasteiger partial charge in [-0.2, -0.15) is 11.8 Å². The van der Waals surface area contributed by atoms with Gasteiger partial charge in [0.2, 0.25) is 0 Å². The van der Waals surface area contributed by atoms with Gasteiger partial charge in [-0.3, -0.25) is 10.1 Å². The van der Waals surface area contributed by atoms with Gasteiger partial charge in [-0.15, -0.1) is 0 Å². The number of aromatic nitrogens is 1. The van der Waals surface area contributed by atoms with Crippen molar-refractivity contribution < 1.29 is 4.92 Å². The average molecular weight is 304 g/mol. The standard InChI is InChI=1S/C9H10BrN3O2S/c10-8-3-7(13(14)15)4-11-9(8)12-6-1-2-16-5-6/h3-4,6H,1-2,5H2,(H,11,12). The second-order valence-corrected chi connectivity index (χ2v) is 5.49. The molecule has 1 N–H and O–H groups in total. The summed E-state index contributed by atoms with van der Waals surface area (Å²) in [7, 11) is 0. The Bertz CT molecular complexity index is 410. The van der Waals surface area contributed by atoms with Gasteiger partial charge in [-0.05, 0) is 28.1 Å². The normalized spacial score (nSPS) is 19.7. The number of halogens is 1. The van der Waals surface area contributed by atoms with Crippen LogP contribution in [0.3, 0.4) is 0 Å². The lowest BCUT2D eigenvalue weighted by atomic mass is 10.2. The van der Waals surface area contributed by atoms with Gasteiger partial charge in [-0.1, -0.05) is 0 Å². The van der Waals surface area contributed by atoms with Crippen LogP contribution < -0.4 is 5.32 Å². The van der Waals surface area contributed by atoms with Crippen LogP contribution in [0.25, 0.3) is 0 Å². The molecule has 1 fully saturated rings. The van der Waals surface area contributed by atoms with Crippen molar-refractivity contribution in [3.8, 4) is 0 Å². The maximum absolute atomic E-state index is 10.5. The van der Waals surface area contributed by atoms with Gasteiger partial charge in [0.05, 0.1) is 9.40 Å². The first-order chi connectivity index (χ1) is 7.66. The van der Waals surface area contributed by atoms with Gasteiger partial charge >= 0.3 is 0 Å². The number of rotatable bonds is 3. The molecule has 0 aromatic carbocycles. The van der Waals surface area contributed by atoms with E-state index in [9.17, 15) is 10.1 Å². The molecule has 86 valence electrons. The summed E-state index contributed by atoms with van der Waals surface area (Å²) in [4.78, 5) is 14.1. The Morgan fingerprint density at radius 2 is 2.50 bits per heavy atom. The summed E-state index contributed by atoms with van der Waals surface area (Å²) in [5, 5.41) is 13.8. The fraction of sp³-hybridized carbons (Fsp3) is 0.444. The number of nitrogens with zero attached hydrogens (tertiary/aromatic N) is 2. The highest BCUT2D eigenvalue weighted by atomic mass is 79.9. The molecule has 0 spiro atoms. The highest BCUT2D eigenvalue weighted by Gasteiger charge is 2.18. The molecule has 1 aromatic rings. The van der Waals surface area contributed by atoms with Crippen molar-refractivity contribution in [2.75, 3.05) is 16.8 Å². The van der Waals surface area contributed by atoms with E-state index in [0.717, 1.165) is 17.9 Å². The minimum Gasteiger partial charge on any atom is -0.366 e. The van der Waals surface area contributed by atoms with E-state index in [1.807, 2.05) is 11.8 Å². The zero-order chi connectivity index (χ0) is 11.5. The summed E-state index contributed by atoms with van der Waals surface area (Å²) in [6.45, 7) is 0. The highest BCUT2D eigenvalue weighted by molar-refractivity contribution is 9.10. The van der Waals surface area contributed by atoms with E-state index in [0.29, 0.717) is 16.3 Å². The molecule has 1 saturated heterocycles. The van der Waals surface area contributed by atoms with Crippen molar-refractivity contribution in [3.63, 3.8) is 0 Å². The van der Waals surface area contributed by atoms with Crippen LogP contribution in [0.5, 0.6) is 0 Å². The molecule has 2 rings (SSSR count). The summed E-state index contributed by atoms with van der Waals surface area (Å²) >= 11 is 5.19. The van der Waals surface area contributed by atoms with Gasteiger partial charge < -0.3 is 5.32 Å². The van der Waals surface area contributed by atoms with Gasteiger partial charge in [-0.25, -0.2) is 4.98 Å². The SMILES string of the molecule is O=[N+]([O-])c1cnc(NC2CCSC2)c(Br)c1. The largest absolute Gasteiger partial charge is 0.366 e. The molecule has 0 radical (unpaired) electrons. The molecule has 1 atom stereocenters. The molecule has 1 unspecified atom stereocenters. The molecule has 0 aliphatic carbocycles. The van der Waals surface area contributed by atoms with Crippen LogP contribution in [0.1, 0.15) is 6.42 Å². The van der Waals surface area contributed by atoms with E-state index in [2.05, 4.69) is 26.2 Å². The summed E-state index contributed by atoms with van der Waals surface area (Å²) in [6, 6.07) is 1.88. The van der Waals surface area contributed by atoms with Crippen molar-refractivity contribution in [2.24, 2.45) is 0 Å². The number of hydrogen-bond donors (Lipinski definition) is 1. The van der Waals surface area contributed by atoms with Gasteiger partial charge in [0.25, 0.3) is 5.69 Å². The smallest absolute Gasteiger partial charge is 0.288 e. The second kappa shape index (κ2) is 5.01. The third-order valence-electron chi connectivity index (χ3n) is 2.31. The van der Waals surface area contributed by atoms with Crippen LogP contribution in [0.15, 0.2) is 16.7 Å². The third-order valence-corrected chi connectivity index (χ3v) is 4.08. The zero-order valence-electron chi connectivity index (χ0n) is 8.35. The van der Waals surface area contributed by atoms with Crippen LogP contribution in [-0.4, -0.2) is 27.5 Å². The maximum atomic E-state index is 10.5. The molecular formula is C9H10BrN3O2S. The van der Waals surface area contributed by atoms with E-state index in [1.54, 1.807) is 0 Å². The highest BCUT2D eigenvalue weighted by Crippen LogP contribution is 2.27. The van der Waals surface area contributed by atoms with E-state index >= 15 is 0 Å². The predicted molar refractivity (Wildman–Crippen MR) is 67.9 cm³/mol. The molecule has 0 amide bonds. The number of pyridine rings is 1. The minimum absolute atomic E-state index is 0.00165. The fourth-order valence-electron chi connectivity index (χ4n) is 1.48. The van der Waals surface area contributed by atoms with Gasteiger partial charge in [0.15, 0.2) is 0 Å². The molecular weight excluding hydrogens is 294 g/mol. The van der Waals surface area contributed by atoms with E-state index in [1.165, 1.54) is 12.3 Å². The van der Waals surface area contributed by atoms with Crippen molar-refractivity contribution in [3.05, 3.63) is 26.9 Å².